The second-order valence-electron chi connectivity index (χ2n) is 4.03. The predicted octanol–water partition coefficient (Wildman–Crippen LogP) is 1.32. The molecule has 0 aromatic carbocycles. The Morgan fingerprint density at radius 3 is 3.00 bits per heavy atom. The predicted molar refractivity (Wildman–Crippen MR) is 65.1 cm³/mol. The summed E-state index contributed by atoms with van der Waals surface area (Å²) in [6.45, 7) is 2.07. The van der Waals surface area contributed by atoms with Crippen molar-refractivity contribution in [1.29, 1.82) is 0 Å². The third-order valence-electron chi connectivity index (χ3n) is 2.99. The number of aryl methyl sites for hydroxylation is 2. The molecular formula is C12H18N4O. The first-order valence-electron chi connectivity index (χ1n) is 5.74. The molecule has 0 saturated carbocycles. The zero-order valence-electron chi connectivity index (χ0n) is 10.2. The molecule has 0 fully saturated rings. The molecule has 3 N–H and O–H groups in total. The highest BCUT2D eigenvalue weighted by atomic mass is 16.3. The summed E-state index contributed by atoms with van der Waals surface area (Å²) in [5.74, 6) is 7.60. The van der Waals surface area contributed by atoms with Crippen molar-refractivity contribution in [3.63, 3.8) is 0 Å². The number of hydrogen-bond acceptors (Lipinski definition) is 4. The number of imidazole rings is 1. The molecule has 0 aliphatic rings. The number of hydrogen-bond donors (Lipinski definition) is 2. The molecule has 0 amide bonds. The van der Waals surface area contributed by atoms with Gasteiger partial charge in [-0.05, 0) is 6.07 Å². The van der Waals surface area contributed by atoms with E-state index in [4.69, 9.17) is 10.3 Å². The fourth-order valence-corrected chi connectivity index (χ4v) is 1.98. The summed E-state index contributed by atoms with van der Waals surface area (Å²) in [5, 5.41) is 0. The molecule has 2 aromatic heterocycles. The Kier molecular flexibility index (Phi) is 3.61. The first-order chi connectivity index (χ1) is 8.26. The maximum Gasteiger partial charge on any atom is 0.110 e. The van der Waals surface area contributed by atoms with Gasteiger partial charge < -0.3 is 8.98 Å². The van der Waals surface area contributed by atoms with E-state index in [1.54, 1.807) is 12.5 Å². The van der Waals surface area contributed by atoms with Crippen LogP contribution < -0.4 is 11.3 Å². The highest BCUT2D eigenvalue weighted by molar-refractivity contribution is 5.22. The molecule has 5 heteroatoms. The Bertz CT molecular complexity index is 474. The molecule has 17 heavy (non-hydrogen) atoms. The number of aromatic nitrogens is 2. The van der Waals surface area contributed by atoms with Crippen LogP contribution in [0.3, 0.4) is 0 Å². The smallest absolute Gasteiger partial charge is 0.110 e. The van der Waals surface area contributed by atoms with Gasteiger partial charge in [-0.25, -0.2) is 4.98 Å². The van der Waals surface area contributed by atoms with Crippen LogP contribution in [0.5, 0.6) is 0 Å². The summed E-state index contributed by atoms with van der Waals surface area (Å²) in [7, 11) is 1.98. The normalized spacial score (nSPS) is 12.9. The van der Waals surface area contributed by atoms with Crippen molar-refractivity contribution in [2.75, 3.05) is 0 Å². The molecule has 2 aromatic rings. The lowest BCUT2D eigenvalue weighted by atomic mass is 10.0. The summed E-state index contributed by atoms with van der Waals surface area (Å²) in [4.78, 5) is 4.31. The maximum absolute atomic E-state index is 5.63. The standard InChI is InChI=1S/C12H18N4O/c1-3-11-9(4-7-17-11)10(15-13)8-12-14-5-6-16(12)2/h4-7,10,15H,3,8,13H2,1-2H3. The second kappa shape index (κ2) is 5.16. The van der Waals surface area contributed by atoms with Crippen LogP contribution in [-0.4, -0.2) is 9.55 Å². The van der Waals surface area contributed by atoms with E-state index in [1.165, 1.54) is 0 Å². The van der Waals surface area contributed by atoms with Crippen molar-refractivity contribution < 1.29 is 4.42 Å². The SMILES string of the molecule is CCc1occc1C(Cc1nccn1C)NN. The summed E-state index contributed by atoms with van der Waals surface area (Å²) in [6.07, 6.45) is 7.03. The Morgan fingerprint density at radius 1 is 1.59 bits per heavy atom. The molecule has 5 nitrogen and oxygen atoms in total. The third kappa shape index (κ3) is 2.40. The van der Waals surface area contributed by atoms with Gasteiger partial charge in [0.1, 0.15) is 11.6 Å². The quantitative estimate of drug-likeness (QED) is 0.605. The first-order valence-corrected chi connectivity index (χ1v) is 5.74. The Morgan fingerprint density at radius 2 is 2.41 bits per heavy atom. The van der Waals surface area contributed by atoms with Gasteiger partial charge in [0.15, 0.2) is 0 Å². The third-order valence-corrected chi connectivity index (χ3v) is 2.99. The van der Waals surface area contributed by atoms with Crippen LogP contribution in [0.15, 0.2) is 29.1 Å². The largest absolute Gasteiger partial charge is 0.469 e. The van der Waals surface area contributed by atoms with Gasteiger partial charge in [-0.1, -0.05) is 6.92 Å². The minimum atomic E-state index is 0.0322. The van der Waals surface area contributed by atoms with Crippen LogP contribution in [0.4, 0.5) is 0 Å². The van der Waals surface area contributed by atoms with Gasteiger partial charge in [-0.2, -0.15) is 0 Å². The summed E-state index contributed by atoms with van der Waals surface area (Å²) in [6, 6.07) is 2.00. The van der Waals surface area contributed by atoms with Gasteiger partial charge in [0.05, 0.1) is 12.3 Å². The Labute approximate surface area is 101 Å². The van der Waals surface area contributed by atoms with Gasteiger partial charge in [0.2, 0.25) is 0 Å². The average molecular weight is 234 g/mol. The second-order valence-corrected chi connectivity index (χ2v) is 4.03. The highest BCUT2D eigenvalue weighted by Gasteiger charge is 2.17. The van der Waals surface area contributed by atoms with Crippen LogP contribution in [-0.2, 0) is 19.9 Å². The highest BCUT2D eigenvalue weighted by Crippen LogP contribution is 2.22. The summed E-state index contributed by atoms with van der Waals surface area (Å²) < 4.78 is 7.42. The topological polar surface area (TPSA) is 69.0 Å². The van der Waals surface area contributed by atoms with Crippen LogP contribution in [0.25, 0.3) is 0 Å². The van der Waals surface area contributed by atoms with E-state index in [9.17, 15) is 0 Å². The van der Waals surface area contributed by atoms with Crippen LogP contribution >= 0.6 is 0 Å². The zero-order valence-corrected chi connectivity index (χ0v) is 10.2. The van der Waals surface area contributed by atoms with Crippen molar-refractivity contribution >= 4 is 0 Å². The Hall–Kier alpha value is -1.59. The molecule has 0 saturated heterocycles. The lowest BCUT2D eigenvalue weighted by Crippen LogP contribution is -2.30. The number of nitrogens with one attached hydrogen (secondary N) is 1. The van der Waals surface area contributed by atoms with E-state index in [2.05, 4.69) is 17.3 Å². The number of nitrogens with zero attached hydrogens (tertiary/aromatic N) is 2. The molecule has 0 radical (unpaired) electrons. The van der Waals surface area contributed by atoms with Crippen LogP contribution in [0.2, 0.25) is 0 Å². The van der Waals surface area contributed by atoms with E-state index in [0.29, 0.717) is 0 Å². The van der Waals surface area contributed by atoms with E-state index in [-0.39, 0.29) is 6.04 Å². The fraction of sp³-hybridized carbons (Fsp3) is 0.417. The minimum absolute atomic E-state index is 0.0322. The fourth-order valence-electron chi connectivity index (χ4n) is 1.98. The van der Waals surface area contributed by atoms with Gasteiger partial charge in [0.25, 0.3) is 0 Å². The monoisotopic (exact) mass is 234 g/mol. The van der Waals surface area contributed by atoms with Gasteiger partial charge >= 0.3 is 0 Å². The van der Waals surface area contributed by atoms with E-state index >= 15 is 0 Å². The number of furan rings is 1. The molecular weight excluding hydrogens is 216 g/mol. The lowest BCUT2D eigenvalue weighted by Gasteiger charge is -2.15. The lowest BCUT2D eigenvalue weighted by molar-refractivity contribution is 0.481. The number of hydrazine groups is 1. The summed E-state index contributed by atoms with van der Waals surface area (Å²) in [5.41, 5.74) is 3.94. The van der Waals surface area contributed by atoms with E-state index in [1.807, 2.05) is 23.9 Å². The van der Waals surface area contributed by atoms with Gasteiger partial charge in [-0.3, -0.25) is 11.3 Å². The van der Waals surface area contributed by atoms with Crippen molar-refractivity contribution in [3.05, 3.63) is 41.9 Å². The molecule has 2 rings (SSSR count). The Balaban J connectivity index is 2.20. The molecule has 2 heterocycles. The molecule has 0 aliphatic carbocycles. The maximum atomic E-state index is 5.63. The molecule has 1 atom stereocenters. The van der Waals surface area contributed by atoms with Crippen LogP contribution in [0.1, 0.15) is 30.1 Å². The zero-order chi connectivity index (χ0) is 12.3. The summed E-state index contributed by atoms with van der Waals surface area (Å²) >= 11 is 0. The average Bonchev–Trinajstić information content (AvgIpc) is 2.95. The molecule has 0 spiro atoms. The van der Waals surface area contributed by atoms with Gasteiger partial charge in [-0.15, -0.1) is 0 Å². The van der Waals surface area contributed by atoms with E-state index < -0.39 is 0 Å². The van der Waals surface area contributed by atoms with Gasteiger partial charge in [0, 0.05) is 37.8 Å². The first kappa shape index (κ1) is 11.9. The number of rotatable bonds is 5. The molecule has 0 bridgehead atoms. The van der Waals surface area contributed by atoms with Crippen molar-refractivity contribution in [3.8, 4) is 0 Å². The molecule has 0 aliphatic heterocycles. The number of nitrogens with two attached hydrogens (primary N) is 1. The minimum Gasteiger partial charge on any atom is -0.469 e. The molecule has 1 unspecified atom stereocenters. The van der Waals surface area contributed by atoms with Crippen LogP contribution in [0, 0.1) is 0 Å². The van der Waals surface area contributed by atoms with Crippen molar-refractivity contribution in [2.24, 2.45) is 12.9 Å². The van der Waals surface area contributed by atoms with E-state index in [0.717, 1.165) is 30.0 Å². The molecule has 92 valence electrons. The van der Waals surface area contributed by atoms with Crippen molar-refractivity contribution in [2.45, 2.75) is 25.8 Å². The van der Waals surface area contributed by atoms with Crippen molar-refractivity contribution in [1.82, 2.24) is 15.0 Å².